The molecule has 0 aliphatic heterocycles. The molecule has 1 aromatic carbocycles. The van der Waals surface area contributed by atoms with Crippen molar-refractivity contribution in [1.82, 2.24) is 5.32 Å². The van der Waals surface area contributed by atoms with Crippen LogP contribution in [0.1, 0.15) is 45.2 Å². The highest BCUT2D eigenvalue weighted by molar-refractivity contribution is 5.29. The molecule has 1 rings (SSSR count). The Morgan fingerprint density at radius 2 is 1.84 bits per heavy atom. The summed E-state index contributed by atoms with van der Waals surface area (Å²) in [5.41, 5.74) is 1.25. The minimum atomic E-state index is 0.259. The van der Waals surface area contributed by atoms with Gasteiger partial charge in [0.2, 0.25) is 0 Å². The molecule has 0 fully saturated rings. The van der Waals surface area contributed by atoms with Crippen LogP contribution in [0.5, 0.6) is 5.75 Å². The Kier molecular flexibility index (Phi) is 8.26. The van der Waals surface area contributed by atoms with Crippen LogP contribution >= 0.6 is 0 Å². The second kappa shape index (κ2) is 9.82. The largest absolute Gasteiger partial charge is 0.494 e. The maximum atomic E-state index is 5.67. The number of hydrogen-bond donors (Lipinski definition) is 1. The molecule has 1 unspecified atom stereocenters. The summed E-state index contributed by atoms with van der Waals surface area (Å²) in [7, 11) is 0. The summed E-state index contributed by atoms with van der Waals surface area (Å²) in [5, 5.41) is 3.44. The molecule has 0 spiro atoms. The Balaban J connectivity index is 2.55. The molecule has 0 aromatic heterocycles. The lowest BCUT2D eigenvalue weighted by molar-refractivity contribution is 0.123. The van der Waals surface area contributed by atoms with Crippen molar-refractivity contribution in [2.24, 2.45) is 0 Å². The molecule has 19 heavy (non-hydrogen) atoms. The van der Waals surface area contributed by atoms with Gasteiger partial charge in [-0.3, -0.25) is 0 Å². The van der Waals surface area contributed by atoms with Crippen molar-refractivity contribution in [3.05, 3.63) is 29.8 Å². The number of benzene rings is 1. The third-order valence-electron chi connectivity index (χ3n) is 2.99. The van der Waals surface area contributed by atoms with E-state index in [0.717, 1.165) is 38.3 Å². The van der Waals surface area contributed by atoms with Gasteiger partial charge in [0.25, 0.3) is 0 Å². The summed E-state index contributed by atoms with van der Waals surface area (Å²) in [6.45, 7) is 9.49. The van der Waals surface area contributed by atoms with E-state index in [4.69, 9.17) is 9.47 Å². The van der Waals surface area contributed by atoms with Gasteiger partial charge in [0.05, 0.1) is 19.3 Å². The van der Waals surface area contributed by atoms with E-state index in [9.17, 15) is 0 Å². The molecule has 0 amide bonds. The van der Waals surface area contributed by atoms with E-state index in [0.29, 0.717) is 6.61 Å². The molecule has 0 saturated heterocycles. The molecule has 3 heteroatoms. The van der Waals surface area contributed by atoms with Crippen molar-refractivity contribution in [1.29, 1.82) is 0 Å². The normalized spacial score (nSPS) is 12.4. The Hall–Kier alpha value is -1.06. The third-order valence-corrected chi connectivity index (χ3v) is 2.99. The van der Waals surface area contributed by atoms with Crippen LogP contribution in [0.2, 0.25) is 0 Å². The van der Waals surface area contributed by atoms with Gasteiger partial charge in [-0.1, -0.05) is 32.4 Å². The first kappa shape index (κ1) is 16.0. The van der Waals surface area contributed by atoms with Gasteiger partial charge < -0.3 is 14.8 Å². The predicted molar refractivity (Wildman–Crippen MR) is 79.8 cm³/mol. The third kappa shape index (κ3) is 6.08. The minimum absolute atomic E-state index is 0.259. The zero-order chi connectivity index (χ0) is 13.9. The summed E-state index contributed by atoms with van der Waals surface area (Å²) in [4.78, 5) is 0. The lowest BCUT2D eigenvalue weighted by Gasteiger charge is -2.18. The molecular weight excluding hydrogens is 238 g/mol. The van der Waals surface area contributed by atoms with E-state index in [-0.39, 0.29) is 6.04 Å². The first-order chi connectivity index (χ1) is 9.31. The van der Waals surface area contributed by atoms with E-state index in [1.54, 1.807) is 0 Å². The van der Waals surface area contributed by atoms with Gasteiger partial charge in [-0.25, -0.2) is 0 Å². The van der Waals surface area contributed by atoms with Gasteiger partial charge in [-0.05, 0) is 37.6 Å². The van der Waals surface area contributed by atoms with Gasteiger partial charge >= 0.3 is 0 Å². The summed E-state index contributed by atoms with van der Waals surface area (Å²) in [5.74, 6) is 0.948. The second-order valence-corrected chi connectivity index (χ2v) is 4.54. The fourth-order valence-corrected chi connectivity index (χ4v) is 1.89. The molecule has 1 atom stereocenters. The molecule has 108 valence electrons. The first-order valence-electron chi connectivity index (χ1n) is 7.35. The maximum absolute atomic E-state index is 5.67. The molecule has 0 bridgehead atoms. The Labute approximate surface area is 117 Å². The standard InChI is InChI=1S/C16H27NO2/c1-4-7-12-19-15-10-8-14(9-11-15)16(17-5-2)13-18-6-3/h8-11,16-17H,4-7,12-13H2,1-3H3. The van der Waals surface area contributed by atoms with Crippen LogP contribution in [0.4, 0.5) is 0 Å². The molecule has 0 heterocycles. The molecule has 0 radical (unpaired) electrons. The number of rotatable bonds is 10. The second-order valence-electron chi connectivity index (χ2n) is 4.54. The van der Waals surface area contributed by atoms with Crippen molar-refractivity contribution in [2.45, 2.75) is 39.7 Å². The molecule has 1 N–H and O–H groups in total. The van der Waals surface area contributed by atoms with Crippen LogP contribution in [0.3, 0.4) is 0 Å². The smallest absolute Gasteiger partial charge is 0.119 e. The van der Waals surface area contributed by atoms with E-state index >= 15 is 0 Å². The number of ether oxygens (including phenoxy) is 2. The minimum Gasteiger partial charge on any atom is -0.494 e. The van der Waals surface area contributed by atoms with Crippen LogP contribution in [-0.2, 0) is 4.74 Å². The van der Waals surface area contributed by atoms with Gasteiger partial charge in [-0.2, -0.15) is 0 Å². The van der Waals surface area contributed by atoms with Crippen molar-refractivity contribution in [3.8, 4) is 5.75 Å². The van der Waals surface area contributed by atoms with Crippen molar-refractivity contribution < 1.29 is 9.47 Å². The van der Waals surface area contributed by atoms with Gasteiger partial charge in [-0.15, -0.1) is 0 Å². The fourth-order valence-electron chi connectivity index (χ4n) is 1.89. The molecule has 3 nitrogen and oxygen atoms in total. The number of likely N-dealkylation sites (N-methyl/N-ethyl adjacent to an activating group) is 1. The summed E-state index contributed by atoms with van der Waals surface area (Å²) in [6, 6.07) is 8.58. The summed E-state index contributed by atoms with van der Waals surface area (Å²) < 4.78 is 11.2. The lowest BCUT2D eigenvalue weighted by atomic mass is 10.1. The SMILES string of the molecule is CCCCOc1ccc(C(COCC)NCC)cc1. The van der Waals surface area contributed by atoms with Gasteiger partial charge in [0.1, 0.15) is 5.75 Å². The Morgan fingerprint density at radius 1 is 1.11 bits per heavy atom. The summed E-state index contributed by atoms with van der Waals surface area (Å²) >= 11 is 0. The van der Waals surface area contributed by atoms with Gasteiger partial charge in [0.15, 0.2) is 0 Å². The summed E-state index contributed by atoms with van der Waals surface area (Å²) in [6.07, 6.45) is 2.26. The van der Waals surface area contributed by atoms with Crippen molar-refractivity contribution in [2.75, 3.05) is 26.4 Å². The highest BCUT2D eigenvalue weighted by Crippen LogP contribution is 2.18. The van der Waals surface area contributed by atoms with Crippen molar-refractivity contribution >= 4 is 0 Å². The molecular formula is C16H27NO2. The highest BCUT2D eigenvalue weighted by atomic mass is 16.5. The average Bonchev–Trinajstić information content (AvgIpc) is 2.45. The molecule has 0 saturated carbocycles. The topological polar surface area (TPSA) is 30.5 Å². The van der Waals surface area contributed by atoms with E-state index in [2.05, 4.69) is 31.3 Å². The zero-order valence-electron chi connectivity index (χ0n) is 12.4. The van der Waals surface area contributed by atoms with E-state index in [1.807, 2.05) is 19.1 Å². The monoisotopic (exact) mass is 265 g/mol. The zero-order valence-corrected chi connectivity index (χ0v) is 12.4. The maximum Gasteiger partial charge on any atom is 0.119 e. The Bertz CT molecular complexity index is 324. The van der Waals surface area contributed by atoms with Crippen LogP contribution in [0.15, 0.2) is 24.3 Å². The Morgan fingerprint density at radius 3 is 2.42 bits per heavy atom. The fraction of sp³-hybridized carbons (Fsp3) is 0.625. The van der Waals surface area contributed by atoms with Gasteiger partial charge in [0, 0.05) is 6.61 Å². The van der Waals surface area contributed by atoms with Crippen LogP contribution < -0.4 is 10.1 Å². The van der Waals surface area contributed by atoms with Crippen LogP contribution in [0.25, 0.3) is 0 Å². The number of unbranched alkanes of at least 4 members (excludes halogenated alkanes) is 1. The van der Waals surface area contributed by atoms with E-state index < -0.39 is 0 Å². The van der Waals surface area contributed by atoms with E-state index in [1.165, 1.54) is 5.56 Å². The average molecular weight is 265 g/mol. The van der Waals surface area contributed by atoms with Crippen LogP contribution in [0, 0.1) is 0 Å². The first-order valence-corrected chi connectivity index (χ1v) is 7.35. The predicted octanol–water partition coefficient (Wildman–Crippen LogP) is 3.55. The number of hydrogen-bond acceptors (Lipinski definition) is 3. The molecule has 0 aliphatic carbocycles. The van der Waals surface area contributed by atoms with Crippen molar-refractivity contribution in [3.63, 3.8) is 0 Å². The molecule has 1 aromatic rings. The number of nitrogens with one attached hydrogen (secondary N) is 1. The lowest BCUT2D eigenvalue weighted by Crippen LogP contribution is -2.25. The highest BCUT2D eigenvalue weighted by Gasteiger charge is 2.10. The molecule has 0 aliphatic rings. The van der Waals surface area contributed by atoms with Crippen LogP contribution in [-0.4, -0.2) is 26.4 Å². The quantitative estimate of drug-likeness (QED) is 0.656.